The lowest BCUT2D eigenvalue weighted by atomic mass is 10.1. The van der Waals surface area contributed by atoms with Gasteiger partial charge in [0.25, 0.3) is 0 Å². The third kappa shape index (κ3) is 1.43. The molecule has 0 unspecified atom stereocenters. The molecule has 1 aliphatic rings. The molecule has 0 spiro atoms. The smallest absolute Gasteiger partial charge is 0.0110 e. The minimum Gasteiger partial charge on any atom is -0.129 e. The highest BCUT2D eigenvalue weighted by Gasteiger charge is 2.25. The van der Waals surface area contributed by atoms with Crippen LogP contribution in [-0.4, -0.2) is 6.26 Å². The maximum absolute atomic E-state index is 3.33. The molecular formula is C10H11S. The average Bonchev–Trinajstić information content (AvgIpc) is 2.87. The summed E-state index contributed by atoms with van der Waals surface area (Å²) in [7, 11) is 0. The molecule has 0 N–H and O–H groups in total. The Morgan fingerprint density at radius 2 is 2.36 bits per heavy atom. The van der Waals surface area contributed by atoms with E-state index in [0.29, 0.717) is 0 Å². The quantitative estimate of drug-likeness (QED) is 0.604. The van der Waals surface area contributed by atoms with Crippen LogP contribution in [0.25, 0.3) is 0 Å². The van der Waals surface area contributed by atoms with Gasteiger partial charge in [0.05, 0.1) is 0 Å². The molecule has 0 nitrogen and oxygen atoms in total. The maximum atomic E-state index is 3.33. The second-order valence-electron chi connectivity index (χ2n) is 2.93. The van der Waals surface area contributed by atoms with Crippen molar-refractivity contribution in [2.75, 3.05) is 6.26 Å². The van der Waals surface area contributed by atoms with Crippen molar-refractivity contribution >= 4 is 11.8 Å². The summed E-state index contributed by atoms with van der Waals surface area (Å²) in [5, 5.41) is 0. The van der Waals surface area contributed by atoms with E-state index >= 15 is 0 Å². The highest BCUT2D eigenvalue weighted by Crippen LogP contribution is 2.43. The Morgan fingerprint density at radius 3 is 3.00 bits per heavy atom. The van der Waals surface area contributed by atoms with Crippen LogP contribution in [0.4, 0.5) is 0 Å². The molecule has 1 radical (unpaired) electrons. The molecule has 0 amide bonds. The molecule has 0 bridgehead atoms. The van der Waals surface area contributed by atoms with E-state index in [1.807, 2.05) is 17.8 Å². The normalized spacial score (nSPS) is 16.8. The highest BCUT2D eigenvalue weighted by atomic mass is 32.2. The molecule has 1 aromatic rings. The predicted octanol–water partition coefficient (Wildman–Crippen LogP) is 3.09. The van der Waals surface area contributed by atoms with Crippen LogP contribution in [0.5, 0.6) is 0 Å². The van der Waals surface area contributed by atoms with Crippen LogP contribution in [0.1, 0.15) is 24.3 Å². The summed E-state index contributed by atoms with van der Waals surface area (Å²) in [4.78, 5) is 1.41. The first-order valence-corrected chi connectivity index (χ1v) is 5.19. The van der Waals surface area contributed by atoms with Crippen LogP contribution in [0, 0.1) is 6.07 Å². The Labute approximate surface area is 72.0 Å². The Balaban J connectivity index is 2.34. The van der Waals surface area contributed by atoms with E-state index in [1.165, 1.54) is 23.3 Å². The topological polar surface area (TPSA) is 0 Å². The lowest BCUT2D eigenvalue weighted by Crippen LogP contribution is -1.82. The molecular weight excluding hydrogens is 152 g/mol. The van der Waals surface area contributed by atoms with Crippen LogP contribution < -0.4 is 0 Å². The highest BCUT2D eigenvalue weighted by molar-refractivity contribution is 7.98. The van der Waals surface area contributed by atoms with E-state index in [2.05, 4.69) is 24.5 Å². The summed E-state index contributed by atoms with van der Waals surface area (Å²) in [6.45, 7) is 0. The van der Waals surface area contributed by atoms with Gasteiger partial charge in [0, 0.05) is 4.90 Å². The first-order valence-electron chi connectivity index (χ1n) is 3.96. The van der Waals surface area contributed by atoms with Crippen molar-refractivity contribution < 1.29 is 0 Å². The van der Waals surface area contributed by atoms with E-state index in [0.717, 1.165) is 5.92 Å². The average molecular weight is 163 g/mol. The number of rotatable bonds is 2. The fraction of sp³-hybridized carbons (Fsp3) is 0.400. The Morgan fingerprint density at radius 1 is 1.55 bits per heavy atom. The molecule has 0 heterocycles. The van der Waals surface area contributed by atoms with E-state index in [4.69, 9.17) is 0 Å². The summed E-state index contributed by atoms with van der Waals surface area (Å²) >= 11 is 1.83. The zero-order valence-corrected chi connectivity index (χ0v) is 7.45. The fourth-order valence-corrected chi connectivity index (χ4v) is 1.96. The summed E-state index contributed by atoms with van der Waals surface area (Å²) in [6.07, 6.45) is 4.87. The van der Waals surface area contributed by atoms with E-state index < -0.39 is 0 Å². The largest absolute Gasteiger partial charge is 0.129 e. The molecule has 1 aliphatic carbocycles. The number of hydrogen-bond donors (Lipinski definition) is 0. The molecule has 0 atom stereocenters. The van der Waals surface area contributed by atoms with Gasteiger partial charge in [-0.1, -0.05) is 12.1 Å². The Kier molecular flexibility index (Phi) is 1.91. The zero-order valence-electron chi connectivity index (χ0n) is 6.63. The van der Waals surface area contributed by atoms with E-state index in [1.54, 1.807) is 0 Å². The van der Waals surface area contributed by atoms with Crippen LogP contribution in [0.15, 0.2) is 23.1 Å². The first kappa shape index (κ1) is 7.23. The summed E-state index contributed by atoms with van der Waals surface area (Å²) in [6, 6.07) is 9.61. The van der Waals surface area contributed by atoms with Crippen molar-refractivity contribution in [3.8, 4) is 0 Å². The van der Waals surface area contributed by atoms with Crippen molar-refractivity contribution in [1.82, 2.24) is 0 Å². The van der Waals surface area contributed by atoms with E-state index in [9.17, 15) is 0 Å². The Hall–Kier alpha value is -0.430. The summed E-state index contributed by atoms with van der Waals surface area (Å²) < 4.78 is 0. The van der Waals surface area contributed by atoms with Gasteiger partial charge in [0.2, 0.25) is 0 Å². The van der Waals surface area contributed by atoms with Crippen molar-refractivity contribution in [3.05, 3.63) is 29.8 Å². The number of hydrogen-bond acceptors (Lipinski definition) is 1. The lowest BCUT2D eigenvalue weighted by molar-refractivity contribution is 1.07. The molecule has 1 heteroatoms. The minimum atomic E-state index is 0.832. The van der Waals surface area contributed by atoms with Gasteiger partial charge in [0.1, 0.15) is 0 Å². The van der Waals surface area contributed by atoms with Crippen LogP contribution in [0.2, 0.25) is 0 Å². The molecule has 11 heavy (non-hydrogen) atoms. The predicted molar refractivity (Wildman–Crippen MR) is 49.0 cm³/mol. The monoisotopic (exact) mass is 163 g/mol. The van der Waals surface area contributed by atoms with Crippen LogP contribution in [-0.2, 0) is 0 Å². The summed E-state index contributed by atoms with van der Waals surface area (Å²) in [5.41, 5.74) is 1.44. The van der Waals surface area contributed by atoms with E-state index in [-0.39, 0.29) is 0 Å². The van der Waals surface area contributed by atoms with Gasteiger partial charge in [-0.3, -0.25) is 0 Å². The number of thioether (sulfide) groups is 1. The SMILES string of the molecule is CSc1ccc[c]c1C1CC1. The van der Waals surface area contributed by atoms with Gasteiger partial charge in [0.15, 0.2) is 0 Å². The van der Waals surface area contributed by atoms with Crippen molar-refractivity contribution in [3.63, 3.8) is 0 Å². The van der Waals surface area contributed by atoms with Crippen molar-refractivity contribution in [2.45, 2.75) is 23.7 Å². The van der Waals surface area contributed by atoms with Gasteiger partial charge in [-0.25, -0.2) is 0 Å². The molecule has 0 aromatic heterocycles. The van der Waals surface area contributed by atoms with Gasteiger partial charge < -0.3 is 0 Å². The van der Waals surface area contributed by atoms with Gasteiger partial charge in [-0.15, -0.1) is 11.8 Å². The van der Waals surface area contributed by atoms with Gasteiger partial charge in [-0.2, -0.15) is 0 Å². The van der Waals surface area contributed by atoms with Crippen molar-refractivity contribution in [1.29, 1.82) is 0 Å². The fourth-order valence-electron chi connectivity index (χ4n) is 1.30. The third-order valence-electron chi connectivity index (χ3n) is 2.05. The maximum Gasteiger partial charge on any atom is 0.0110 e. The molecule has 1 saturated carbocycles. The standard InChI is InChI=1S/C10H11S/c1-11-10-5-3-2-4-9(10)8-6-7-8/h2-3,5,8H,6-7H2,1H3. The molecule has 1 aromatic carbocycles. The summed E-state index contributed by atoms with van der Waals surface area (Å²) in [5.74, 6) is 0.832. The molecule has 0 saturated heterocycles. The second kappa shape index (κ2) is 2.90. The van der Waals surface area contributed by atoms with Gasteiger partial charge >= 0.3 is 0 Å². The lowest BCUT2D eigenvalue weighted by Gasteiger charge is -2.02. The second-order valence-corrected chi connectivity index (χ2v) is 3.77. The molecule has 57 valence electrons. The minimum absolute atomic E-state index is 0.832. The zero-order chi connectivity index (χ0) is 7.68. The molecule has 2 rings (SSSR count). The first-order chi connectivity index (χ1) is 5.42. The molecule has 0 aliphatic heterocycles. The number of benzene rings is 1. The Bertz CT molecular complexity index is 251. The van der Waals surface area contributed by atoms with Gasteiger partial charge in [-0.05, 0) is 42.7 Å². The molecule has 1 fully saturated rings. The third-order valence-corrected chi connectivity index (χ3v) is 2.85. The van der Waals surface area contributed by atoms with Crippen LogP contribution >= 0.6 is 11.8 Å². The van der Waals surface area contributed by atoms with Crippen molar-refractivity contribution in [2.24, 2.45) is 0 Å². The van der Waals surface area contributed by atoms with Crippen LogP contribution in [0.3, 0.4) is 0 Å².